The second kappa shape index (κ2) is 22.1. The van der Waals surface area contributed by atoms with Crippen molar-refractivity contribution < 1.29 is 35.4 Å². The van der Waals surface area contributed by atoms with Crippen molar-refractivity contribution in [2.45, 2.75) is 147 Å². The number of aliphatic hydroxyl groups is 4. The van der Waals surface area contributed by atoms with Gasteiger partial charge in [-0.3, -0.25) is 4.79 Å². The minimum Gasteiger partial charge on any atom is -0.508 e. The summed E-state index contributed by atoms with van der Waals surface area (Å²) in [6.07, 6.45) is 15.5. The van der Waals surface area contributed by atoms with Crippen LogP contribution < -0.4 is 5.32 Å². The number of nitrogens with one attached hydrogen (secondary N) is 1. The van der Waals surface area contributed by atoms with Crippen molar-refractivity contribution in [3.05, 3.63) is 89.0 Å². The largest absolute Gasteiger partial charge is 0.508 e. The molecule has 8 nitrogen and oxygen atoms in total. The third-order valence-electron chi connectivity index (χ3n) is 10.5. The zero-order valence-electron chi connectivity index (χ0n) is 31.1. The predicted octanol–water partition coefficient (Wildman–Crippen LogP) is 7.41. The van der Waals surface area contributed by atoms with Gasteiger partial charge in [0, 0.05) is 19.0 Å². The molecule has 7 N–H and O–H groups in total. The van der Waals surface area contributed by atoms with Crippen LogP contribution in [-0.2, 0) is 17.6 Å². The minimum absolute atomic E-state index is 0.147. The monoisotopic (exact) mass is 707 g/mol. The third kappa shape index (κ3) is 16.0. The summed E-state index contributed by atoms with van der Waals surface area (Å²) in [5, 5.41) is 66.4. The number of benzene rings is 2. The second-order valence-electron chi connectivity index (χ2n) is 15.3. The summed E-state index contributed by atoms with van der Waals surface area (Å²) in [5.41, 5.74) is 2.75. The molecule has 2 aromatic rings. The molecule has 2 aromatic carbocycles. The summed E-state index contributed by atoms with van der Waals surface area (Å²) in [4.78, 5) is 11.8. The van der Waals surface area contributed by atoms with Crippen LogP contribution >= 0.6 is 0 Å². The van der Waals surface area contributed by atoms with Crippen molar-refractivity contribution in [2.24, 2.45) is 5.41 Å². The highest BCUT2D eigenvalue weighted by Gasteiger charge is 2.35. The molecule has 0 bridgehead atoms. The van der Waals surface area contributed by atoms with Crippen molar-refractivity contribution in [3.63, 3.8) is 0 Å². The normalized spacial score (nSPS) is 17.9. The molecule has 1 aliphatic rings. The summed E-state index contributed by atoms with van der Waals surface area (Å²) in [7, 11) is 0. The number of carbonyl (C=O) groups is 1. The fourth-order valence-electron chi connectivity index (χ4n) is 7.69. The number of aryl methyl sites for hydroxylation is 1. The van der Waals surface area contributed by atoms with Crippen LogP contribution in [0.2, 0.25) is 0 Å². The summed E-state index contributed by atoms with van der Waals surface area (Å²) in [5.74, 6) is -0.564. The Labute approximate surface area is 306 Å². The van der Waals surface area contributed by atoms with Crippen LogP contribution in [0.5, 0.6) is 5.75 Å². The maximum Gasteiger partial charge on any atom is 0.303 e. The quantitative estimate of drug-likeness (QED) is 0.0417. The molecule has 0 radical (unpaired) electrons. The molecule has 1 saturated carbocycles. The number of aliphatic hydroxyl groups excluding tert-OH is 3. The minimum atomic E-state index is -1.12. The third-order valence-corrected chi connectivity index (χ3v) is 10.5. The van der Waals surface area contributed by atoms with E-state index in [1.165, 1.54) is 5.56 Å². The van der Waals surface area contributed by atoms with E-state index in [4.69, 9.17) is 0 Å². The van der Waals surface area contributed by atoms with Crippen molar-refractivity contribution in [1.29, 1.82) is 0 Å². The first-order valence-corrected chi connectivity index (χ1v) is 19.3. The lowest BCUT2D eigenvalue weighted by molar-refractivity contribution is -0.139. The Morgan fingerprint density at radius 3 is 2.29 bits per heavy atom. The smallest absolute Gasteiger partial charge is 0.303 e. The number of aromatic hydroxyl groups is 1. The van der Waals surface area contributed by atoms with Gasteiger partial charge in [0.1, 0.15) is 5.75 Å². The summed E-state index contributed by atoms with van der Waals surface area (Å²) in [6.45, 7) is 3.80. The second-order valence-corrected chi connectivity index (χ2v) is 15.3. The van der Waals surface area contributed by atoms with Crippen LogP contribution in [0.4, 0.5) is 0 Å². The van der Waals surface area contributed by atoms with E-state index in [0.717, 1.165) is 87.3 Å². The van der Waals surface area contributed by atoms with E-state index in [9.17, 15) is 35.4 Å². The van der Waals surface area contributed by atoms with E-state index in [1.807, 2.05) is 30.4 Å². The van der Waals surface area contributed by atoms with Gasteiger partial charge in [-0.05, 0) is 98.1 Å². The van der Waals surface area contributed by atoms with E-state index in [2.05, 4.69) is 24.4 Å². The van der Waals surface area contributed by atoms with Crippen LogP contribution in [0.3, 0.4) is 0 Å². The van der Waals surface area contributed by atoms with Crippen molar-refractivity contribution >= 4 is 5.97 Å². The van der Waals surface area contributed by atoms with E-state index < -0.39 is 23.8 Å². The predicted molar refractivity (Wildman–Crippen MR) is 205 cm³/mol. The van der Waals surface area contributed by atoms with Gasteiger partial charge in [-0.1, -0.05) is 106 Å². The topological polar surface area (TPSA) is 150 Å². The lowest BCUT2D eigenvalue weighted by Gasteiger charge is -2.32. The number of unbranched alkanes of at least 4 members (excludes halogenated alkanes) is 3. The van der Waals surface area contributed by atoms with Crippen LogP contribution in [0.25, 0.3) is 0 Å². The maximum atomic E-state index is 11.8. The molecule has 0 heterocycles. The van der Waals surface area contributed by atoms with Crippen LogP contribution in [-0.4, -0.2) is 73.6 Å². The first kappa shape index (κ1) is 42.4. The zero-order chi connectivity index (χ0) is 37.1. The number of hydrogen-bond acceptors (Lipinski definition) is 7. The standard InChI is InChI=1S/C43H65NO7/c1-3-4-6-15-36(46)24-21-35(20-17-33-13-7-5-8-14-33)39(28-38(48)31-45)40(16-9-10-25-43(30-41(49)50)26-11-12-27-43)44-32-42(2,51)29-34-18-22-37(47)23-19-34/h5,7-8,13-14,18-19,21-24,36,38,40,44-48,51H,3-4,6,9-12,15-17,20,25-32H2,1-2H3,(H,49,50)/b24-21+,39-35+/t36-,38-,40-,42-/m0/s1. The molecular formula is C43H65NO7. The molecule has 1 aliphatic carbocycles. The van der Waals surface area contributed by atoms with Crippen LogP contribution in [0.1, 0.15) is 121 Å². The Balaban J connectivity index is 1.95. The number of aliphatic carboxylic acids is 1. The van der Waals surface area contributed by atoms with Gasteiger partial charge >= 0.3 is 5.97 Å². The molecule has 3 rings (SSSR count). The highest BCUT2D eigenvalue weighted by Crippen LogP contribution is 2.45. The van der Waals surface area contributed by atoms with Gasteiger partial charge in [-0.2, -0.15) is 0 Å². The van der Waals surface area contributed by atoms with E-state index in [0.29, 0.717) is 25.7 Å². The molecule has 0 unspecified atom stereocenters. The Morgan fingerprint density at radius 1 is 0.961 bits per heavy atom. The molecule has 284 valence electrons. The Bertz CT molecular complexity index is 1330. The Hall–Kier alpha value is -3.01. The number of carboxylic acid groups (broad SMARTS) is 1. The van der Waals surface area contributed by atoms with Crippen LogP contribution in [0, 0.1) is 5.41 Å². The van der Waals surface area contributed by atoms with Gasteiger partial charge in [0.15, 0.2) is 0 Å². The van der Waals surface area contributed by atoms with Crippen molar-refractivity contribution in [3.8, 4) is 5.75 Å². The summed E-state index contributed by atoms with van der Waals surface area (Å²) in [6, 6.07) is 16.8. The van der Waals surface area contributed by atoms with Gasteiger partial charge in [0.05, 0.1) is 30.8 Å². The molecule has 8 heteroatoms. The Morgan fingerprint density at radius 2 is 1.65 bits per heavy atom. The molecule has 51 heavy (non-hydrogen) atoms. The first-order chi connectivity index (χ1) is 24.4. The molecule has 4 atom stereocenters. The average molecular weight is 708 g/mol. The SMILES string of the molecule is CCCCC[C@H](O)/C=C/C(CCc1ccccc1)=C(\C[C@H](O)CO)[C@H](CCCCC1(CC(=O)O)CCCC1)NC[C@@](C)(O)Cc1ccc(O)cc1. The maximum absolute atomic E-state index is 11.8. The van der Waals surface area contributed by atoms with Crippen molar-refractivity contribution in [1.82, 2.24) is 5.32 Å². The zero-order valence-corrected chi connectivity index (χ0v) is 31.1. The molecule has 0 aliphatic heterocycles. The van der Waals surface area contributed by atoms with E-state index in [1.54, 1.807) is 31.2 Å². The van der Waals surface area contributed by atoms with Crippen LogP contribution in [0.15, 0.2) is 77.9 Å². The number of hydrogen-bond donors (Lipinski definition) is 7. The number of phenolic OH excluding ortho intramolecular Hbond substituents is 1. The number of phenols is 1. The van der Waals surface area contributed by atoms with Gasteiger partial charge in [-0.15, -0.1) is 0 Å². The number of allylic oxidation sites excluding steroid dienone is 2. The van der Waals surface area contributed by atoms with Gasteiger partial charge < -0.3 is 36.0 Å². The Kier molecular flexibility index (Phi) is 18.4. The number of rotatable bonds is 25. The van der Waals surface area contributed by atoms with Gasteiger partial charge in [0.2, 0.25) is 0 Å². The van der Waals surface area contributed by atoms with E-state index in [-0.39, 0.29) is 43.2 Å². The summed E-state index contributed by atoms with van der Waals surface area (Å²) < 4.78 is 0. The van der Waals surface area contributed by atoms with Gasteiger partial charge in [-0.25, -0.2) is 0 Å². The van der Waals surface area contributed by atoms with Gasteiger partial charge in [0.25, 0.3) is 0 Å². The molecule has 0 saturated heterocycles. The first-order valence-electron chi connectivity index (χ1n) is 19.3. The number of carboxylic acids is 1. The molecule has 0 aromatic heterocycles. The lowest BCUT2D eigenvalue weighted by atomic mass is 9.77. The fourth-order valence-corrected chi connectivity index (χ4v) is 7.69. The lowest BCUT2D eigenvalue weighted by Crippen LogP contribution is -2.45. The highest BCUT2D eigenvalue weighted by molar-refractivity contribution is 5.67. The van der Waals surface area contributed by atoms with E-state index >= 15 is 0 Å². The van der Waals surface area contributed by atoms with Crippen molar-refractivity contribution in [2.75, 3.05) is 13.2 Å². The highest BCUT2D eigenvalue weighted by atomic mass is 16.4. The molecule has 0 spiro atoms. The average Bonchev–Trinajstić information content (AvgIpc) is 3.56. The molecular weight excluding hydrogens is 642 g/mol. The fraction of sp³-hybridized carbons (Fsp3) is 0.605. The molecule has 0 amide bonds. The molecule has 1 fully saturated rings. The summed E-state index contributed by atoms with van der Waals surface area (Å²) >= 11 is 0.